The molecule has 0 fully saturated rings. The van der Waals surface area contributed by atoms with Crippen LogP contribution >= 0.6 is 0 Å². The molecule has 2 aromatic rings. The number of ether oxygens (including phenoxy) is 1. The smallest absolute Gasteiger partial charge is 0.242 e. The summed E-state index contributed by atoms with van der Waals surface area (Å²) in [5.41, 5.74) is 3.38. The van der Waals surface area contributed by atoms with Crippen LogP contribution in [0.3, 0.4) is 0 Å². The highest BCUT2D eigenvalue weighted by atomic mass is 16.5. The van der Waals surface area contributed by atoms with Crippen molar-refractivity contribution in [2.45, 2.75) is 59.5 Å². The second kappa shape index (κ2) is 12.1. The van der Waals surface area contributed by atoms with Gasteiger partial charge in [0.25, 0.3) is 0 Å². The van der Waals surface area contributed by atoms with Gasteiger partial charge >= 0.3 is 0 Å². The van der Waals surface area contributed by atoms with Gasteiger partial charge in [-0.1, -0.05) is 57.2 Å². The lowest BCUT2D eigenvalue weighted by molar-refractivity contribution is -0.140. The molecule has 0 aliphatic rings. The fourth-order valence-electron chi connectivity index (χ4n) is 3.30. The van der Waals surface area contributed by atoms with Crippen molar-refractivity contribution in [2.75, 3.05) is 13.7 Å². The second-order valence-corrected chi connectivity index (χ2v) is 8.35. The molecule has 0 aliphatic heterocycles. The largest absolute Gasteiger partial charge is 0.497 e. The van der Waals surface area contributed by atoms with Gasteiger partial charge in [-0.2, -0.15) is 0 Å². The maximum atomic E-state index is 13.2. The van der Waals surface area contributed by atoms with Gasteiger partial charge in [0.2, 0.25) is 11.8 Å². The number of hydrogen-bond acceptors (Lipinski definition) is 3. The lowest BCUT2D eigenvalue weighted by Crippen LogP contribution is -2.48. The fraction of sp³-hybridized carbons (Fsp3) is 0.462. The Kier molecular flexibility index (Phi) is 9.57. The van der Waals surface area contributed by atoms with E-state index in [1.54, 1.807) is 18.9 Å². The predicted octanol–water partition coefficient (Wildman–Crippen LogP) is 4.38. The average molecular weight is 425 g/mol. The third-order valence-electron chi connectivity index (χ3n) is 5.42. The van der Waals surface area contributed by atoms with Crippen LogP contribution in [-0.4, -0.2) is 36.4 Å². The maximum absolute atomic E-state index is 13.2. The van der Waals surface area contributed by atoms with E-state index in [2.05, 4.69) is 50.4 Å². The third-order valence-corrected chi connectivity index (χ3v) is 5.42. The molecule has 0 bridgehead atoms. The maximum Gasteiger partial charge on any atom is 0.242 e. The normalized spacial score (nSPS) is 11.8. The van der Waals surface area contributed by atoms with Crippen molar-refractivity contribution in [3.05, 3.63) is 65.2 Å². The summed E-state index contributed by atoms with van der Waals surface area (Å²) in [6.07, 6.45) is 2.02. The summed E-state index contributed by atoms with van der Waals surface area (Å²) in [6.45, 7) is 9.00. The van der Waals surface area contributed by atoms with Crippen LogP contribution in [-0.2, 0) is 29.0 Å². The minimum atomic E-state index is -0.546. The first-order chi connectivity index (χ1) is 14.8. The molecule has 5 heteroatoms. The molecule has 31 heavy (non-hydrogen) atoms. The van der Waals surface area contributed by atoms with Crippen LogP contribution in [0, 0.1) is 5.92 Å². The highest BCUT2D eigenvalue weighted by Gasteiger charge is 2.26. The van der Waals surface area contributed by atoms with Crippen molar-refractivity contribution in [3.8, 4) is 5.75 Å². The van der Waals surface area contributed by atoms with E-state index in [-0.39, 0.29) is 11.8 Å². The minimum Gasteiger partial charge on any atom is -0.497 e. The molecule has 0 aromatic heterocycles. The standard InChI is InChI=1S/C26H36N2O3/c1-6-21-7-9-22(10-8-21)13-16-25(29)28(20(4)26(30)27-17-19(2)3)18-23-11-14-24(31-5)15-12-23/h7-12,14-15,19-20H,6,13,16-18H2,1-5H3,(H,27,30)/t20-/m1/s1. The van der Waals surface area contributed by atoms with Crippen LogP contribution in [0.15, 0.2) is 48.5 Å². The van der Waals surface area contributed by atoms with Gasteiger partial charge in [-0.15, -0.1) is 0 Å². The van der Waals surface area contributed by atoms with E-state index >= 15 is 0 Å². The average Bonchev–Trinajstić information content (AvgIpc) is 2.79. The van der Waals surface area contributed by atoms with E-state index < -0.39 is 6.04 Å². The second-order valence-electron chi connectivity index (χ2n) is 8.35. The van der Waals surface area contributed by atoms with E-state index in [0.29, 0.717) is 31.8 Å². The zero-order chi connectivity index (χ0) is 22.8. The van der Waals surface area contributed by atoms with Crippen LogP contribution in [0.5, 0.6) is 5.75 Å². The first kappa shape index (κ1) is 24.4. The molecular formula is C26H36N2O3. The molecule has 2 amide bonds. The van der Waals surface area contributed by atoms with Gasteiger partial charge in [-0.05, 0) is 54.5 Å². The Bertz CT molecular complexity index is 829. The number of carbonyl (C=O) groups excluding carboxylic acids is 2. The van der Waals surface area contributed by atoms with E-state index in [1.807, 2.05) is 24.3 Å². The molecule has 0 saturated heterocycles. The lowest BCUT2D eigenvalue weighted by Gasteiger charge is -2.29. The number of benzene rings is 2. The van der Waals surface area contributed by atoms with Gasteiger partial charge in [0, 0.05) is 19.5 Å². The van der Waals surface area contributed by atoms with Crippen molar-refractivity contribution in [3.63, 3.8) is 0 Å². The summed E-state index contributed by atoms with van der Waals surface area (Å²) in [5.74, 6) is 0.971. The van der Waals surface area contributed by atoms with Crippen molar-refractivity contribution in [1.82, 2.24) is 10.2 Å². The highest BCUT2D eigenvalue weighted by Crippen LogP contribution is 2.17. The number of carbonyl (C=O) groups is 2. The van der Waals surface area contributed by atoms with Crippen LogP contribution < -0.4 is 10.1 Å². The molecule has 0 spiro atoms. The minimum absolute atomic E-state index is 0.0254. The number of nitrogens with one attached hydrogen (secondary N) is 1. The summed E-state index contributed by atoms with van der Waals surface area (Å²) < 4.78 is 5.22. The zero-order valence-electron chi connectivity index (χ0n) is 19.5. The number of amides is 2. The molecule has 1 N–H and O–H groups in total. The van der Waals surface area contributed by atoms with Gasteiger partial charge in [-0.3, -0.25) is 9.59 Å². The molecule has 2 rings (SSSR count). The van der Waals surface area contributed by atoms with Crippen molar-refractivity contribution < 1.29 is 14.3 Å². The Hall–Kier alpha value is -2.82. The summed E-state index contributed by atoms with van der Waals surface area (Å²) in [4.78, 5) is 27.6. The molecule has 0 saturated carbocycles. The van der Waals surface area contributed by atoms with Crippen molar-refractivity contribution in [2.24, 2.45) is 5.92 Å². The molecule has 5 nitrogen and oxygen atoms in total. The number of methoxy groups -OCH3 is 1. The summed E-state index contributed by atoms with van der Waals surface area (Å²) in [7, 11) is 1.62. The highest BCUT2D eigenvalue weighted by molar-refractivity contribution is 5.87. The number of rotatable bonds is 11. The topological polar surface area (TPSA) is 58.6 Å². The molecule has 0 unspecified atom stereocenters. The van der Waals surface area contributed by atoms with Gasteiger partial charge in [-0.25, -0.2) is 0 Å². The molecule has 0 radical (unpaired) electrons. The van der Waals surface area contributed by atoms with Gasteiger partial charge < -0.3 is 15.0 Å². The Morgan fingerprint density at radius 3 is 2.06 bits per heavy atom. The van der Waals surface area contributed by atoms with E-state index in [1.165, 1.54) is 5.56 Å². The Labute approximate surface area is 186 Å². The number of aryl methyl sites for hydroxylation is 2. The SMILES string of the molecule is CCc1ccc(CCC(=O)N(Cc2ccc(OC)cc2)[C@H](C)C(=O)NCC(C)C)cc1. The van der Waals surface area contributed by atoms with Crippen LogP contribution in [0.4, 0.5) is 0 Å². The lowest BCUT2D eigenvalue weighted by atomic mass is 10.0. The van der Waals surface area contributed by atoms with Gasteiger partial charge in [0.1, 0.15) is 11.8 Å². The van der Waals surface area contributed by atoms with E-state index in [4.69, 9.17) is 4.74 Å². The Morgan fingerprint density at radius 2 is 1.52 bits per heavy atom. The van der Waals surface area contributed by atoms with Gasteiger partial charge in [0.15, 0.2) is 0 Å². The fourth-order valence-corrected chi connectivity index (χ4v) is 3.30. The quantitative estimate of drug-likeness (QED) is 0.582. The molecule has 0 aliphatic carbocycles. The van der Waals surface area contributed by atoms with Gasteiger partial charge in [0.05, 0.1) is 7.11 Å². The summed E-state index contributed by atoms with van der Waals surface area (Å²) in [6, 6.07) is 15.4. The van der Waals surface area contributed by atoms with E-state index in [9.17, 15) is 9.59 Å². The number of hydrogen-bond donors (Lipinski definition) is 1. The summed E-state index contributed by atoms with van der Waals surface area (Å²) >= 11 is 0. The molecular weight excluding hydrogens is 388 g/mol. The first-order valence-electron chi connectivity index (χ1n) is 11.1. The molecule has 168 valence electrons. The summed E-state index contributed by atoms with van der Waals surface area (Å²) in [5, 5.41) is 2.95. The van der Waals surface area contributed by atoms with Crippen LogP contribution in [0.1, 0.15) is 50.8 Å². The molecule has 1 atom stereocenters. The van der Waals surface area contributed by atoms with Crippen LogP contribution in [0.25, 0.3) is 0 Å². The Balaban J connectivity index is 2.11. The monoisotopic (exact) mass is 424 g/mol. The molecule has 0 heterocycles. The third kappa shape index (κ3) is 7.74. The Morgan fingerprint density at radius 1 is 0.935 bits per heavy atom. The first-order valence-corrected chi connectivity index (χ1v) is 11.1. The van der Waals surface area contributed by atoms with Crippen molar-refractivity contribution >= 4 is 11.8 Å². The van der Waals surface area contributed by atoms with Crippen LogP contribution in [0.2, 0.25) is 0 Å². The zero-order valence-corrected chi connectivity index (χ0v) is 19.5. The number of nitrogens with zero attached hydrogens (tertiary/aromatic N) is 1. The van der Waals surface area contributed by atoms with Crippen molar-refractivity contribution in [1.29, 1.82) is 0 Å². The van der Waals surface area contributed by atoms with E-state index in [0.717, 1.165) is 23.3 Å². The predicted molar refractivity (Wildman–Crippen MR) is 125 cm³/mol. The molecule has 2 aromatic carbocycles.